The summed E-state index contributed by atoms with van der Waals surface area (Å²) >= 11 is 0. The fourth-order valence-corrected chi connectivity index (χ4v) is 3.04. The van der Waals surface area contributed by atoms with Gasteiger partial charge in [0.2, 0.25) is 6.79 Å². The van der Waals surface area contributed by atoms with Gasteiger partial charge in [0.1, 0.15) is 13.2 Å². The summed E-state index contributed by atoms with van der Waals surface area (Å²) in [5.74, 6) is -0.984. The summed E-state index contributed by atoms with van der Waals surface area (Å²) in [6.45, 7) is -0.479. The molecule has 0 fully saturated rings. The maximum atomic E-state index is 12.2. The number of carbonyl (C=O) groups excluding carboxylic acids is 4. The van der Waals surface area contributed by atoms with Crippen molar-refractivity contribution in [3.05, 3.63) is 59.2 Å². The largest absolute Gasteiger partial charge is 0.462 e. The van der Waals surface area contributed by atoms with E-state index in [0.717, 1.165) is 4.90 Å². The number of nitrogens with one attached hydrogen (secondary N) is 1. The molecule has 2 heterocycles. The summed E-state index contributed by atoms with van der Waals surface area (Å²) in [5, 5.41) is 2.44. The van der Waals surface area contributed by atoms with Crippen molar-refractivity contribution in [2.24, 2.45) is 0 Å². The molecule has 0 bridgehead atoms. The van der Waals surface area contributed by atoms with Gasteiger partial charge in [-0.1, -0.05) is 12.1 Å². The number of rotatable bonds is 6. The van der Waals surface area contributed by atoms with Crippen molar-refractivity contribution in [3.8, 4) is 11.5 Å². The summed E-state index contributed by atoms with van der Waals surface area (Å²) in [7, 11) is 0. The molecule has 0 aliphatic carbocycles. The minimum atomic E-state index is -0.685. The average molecular weight is 396 g/mol. The Hall–Kier alpha value is -3.88. The van der Waals surface area contributed by atoms with Crippen LogP contribution in [0.4, 0.5) is 0 Å². The van der Waals surface area contributed by atoms with Crippen LogP contribution in [0.5, 0.6) is 11.5 Å². The highest BCUT2D eigenvalue weighted by molar-refractivity contribution is 6.21. The molecule has 0 atom stereocenters. The van der Waals surface area contributed by atoms with Gasteiger partial charge in [-0.25, -0.2) is 0 Å². The number of imide groups is 1. The second-order valence-electron chi connectivity index (χ2n) is 6.28. The summed E-state index contributed by atoms with van der Waals surface area (Å²) in [6, 6.07) is 11.2. The molecule has 0 saturated heterocycles. The fourth-order valence-electron chi connectivity index (χ4n) is 3.04. The normalized spacial score (nSPS) is 14.0. The number of ether oxygens (including phenoxy) is 3. The van der Waals surface area contributed by atoms with Crippen LogP contribution in [-0.4, -0.2) is 55.1 Å². The van der Waals surface area contributed by atoms with Gasteiger partial charge < -0.3 is 19.5 Å². The van der Waals surface area contributed by atoms with E-state index in [0.29, 0.717) is 28.2 Å². The van der Waals surface area contributed by atoms with E-state index in [1.807, 2.05) is 0 Å². The molecule has 0 aromatic heterocycles. The molecule has 1 N–H and O–H groups in total. The fraction of sp³-hybridized carbons (Fsp3) is 0.200. The first-order chi connectivity index (χ1) is 14.0. The molecule has 2 aliphatic rings. The van der Waals surface area contributed by atoms with Crippen LogP contribution < -0.4 is 14.8 Å². The van der Waals surface area contributed by atoms with Crippen molar-refractivity contribution in [1.82, 2.24) is 10.2 Å². The number of benzene rings is 2. The van der Waals surface area contributed by atoms with Crippen LogP contribution in [-0.2, 0) is 9.53 Å². The Morgan fingerprint density at radius 3 is 2.41 bits per heavy atom. The van der Waals surface area contributed by atoms with Crippen molar-refractivity contribution in [2.75, 3.05) is 26.5 Å². The molecular weight excluding hydrogens is 380 g/mol. The molecular formula is C20H16N2O7. The lowest BCUT2D eigenvalue weighted by atomic mass is 10.1. The zero-order valence-electron chi connectivity index (χ0n) is 15.2. The Morgan fingerprint density at radius 2 is 1.69 bits per heavy atom. The number of nitrogens with zero attached hydrogens (tertiary/aromatic N) is 1. The highest BCUT2D eigenvalue weighted by Gasteiger charge is 2.34. The first kappa shape index (κ1) is 18.5. The lowest BCUT2D eigenvalue weighted by Crippen LogP contribution is -2.35. The third kappa shape index (κ3) is 3.62. The standard InChI is InChI=1S/C20H16N2O7/c23-17(10-21-18(24)12-5-6-15-16(9-12)29-11-28-15)27-8-7-22-19(25)13-3-1-2-4-14(13)20(22)26/h1-6,9H,7-8,10-11H2,(H,21,24). The van der Waals surface area contributed by atoms with Crippen LogP contribution in [0.15, 0.2) is 42.5 Å². The van der Waals surface area contributed by atoms with Crippen molar-refractivity contribution in [3.63, 3.8) is 0 Å². The predicted octanol–water partition coefficient (Wildman–Crippen LogP) is 0.984. The van der Waals surface area contributed by atoms with Crippen molar-refractivity contribution >= 4 is 23.7 Å². The highest BCUT2D eigenvalue weighted by atomic mass is 16.7. The zero-order valence-corrected chi connectivity index (χ0v) is 15.2. The lowest BCUT2D eigenvalue weighted by molar-refractivity contribution is -0.142. The number of hydrogen-bond donors (Lipinski definition) is 1. The molecule has 2 aromatic carbocycles. The van der Waals surface area contributed by atoms with Crippen LogP contribution in [0.2, 0.25) is 0 Å². The van der Waals surface area contributed by atoms with Crippen LogP contribution in [0.25, 0.3) is 0 Å². The summed E-state index contributed by atoms with van der Waals surface area (Å²) in [5.41, 5.74) is 0.979. The molecule has 4 rings (SSSR count). The third-order valence-corrected chi connectivity index (χ3v) is 4.48. The topological polar surface area (TPSA) is 111 Å². The third-order valence-electron chi connectivity index (χ3n) is 4.48. The van der Waals surface area contributed by atoms with Gasteiger partial charge in [-0.2, -0.15) is 0 Å². The molecule has 0 unspecified atom stereocenters. The Kier molecular flexibility index (Phi) is 4.86. The van der Waals surface area contributed by atoms with Crippen molar-refractivity contribution in [2.45, 2.75) is 0 Å². The zero-order chi connectivity index (χ0) is 20.4. The van der Waals surface area contributed by atoms with E-state index in [-0.39, 0.29) is 26.5 Å². The maximum absolute atomic E-state index is 12.2. The summed E-state index contributed by atoms with van der Waals surface area (Å²) in [6.07, 6.45) is 0. The molecule has 0 saturated carbocycles. The Balaban J connectivity index is 1.23. The second kappa shape index (κ2) is 7.63. The summed E-state index contributed by atoms with van der Waals surface area (Å²) in [4.78, 5) is 49.5. The predicted molar refractivity (Wildman–Crippen MR) is 97.7 cm³/mol. The SMILES string of the molecule is O=C(CNC(=O)c1ccc2c(c1)OCO2)OCCN1C(=O)c2ccccc2C1=O. The van der Waals surface area contributed by atoms with E-state index in [9.17, 15) is 19.2 Å². The second-order valence-corrected chi connectivity index (χ2v) is 6.28. The van der Waals surface area contributed by atoms with Crippen molar-refractivity contribution in [1.29, 1.82) is 0 Å². The molecule has 2 aliphatic heterocycles. The molecule has 9 nitrogen and oxygen atoms in total. The number of hydrogen-bond acceptors (Lipinski definition) is 7. The van der Waals surface area contributed by atoms with E-state index >= 15 is 0 Å². The lowest BCUT2D eigenvalue weighted by Gasteiger charge is -2.14. The van der Waals surface area contributed by atoms with E-state index in [2.05, 4.69) is 5.32 Å². The summed E-state index contributed by atoms with van der Waals surface area (Å²) < 4.78 is 15.4. The van der Waals surface area contributed by atoms with E-state index < -0.39 is 23.7 Å². The Morgan fingerprint density at radius 1 is 1.00 bits per heavy atom. The van der Waals surface area contributed by atoms with Gasteiger partial charge in [0.15, 0.2) is 11.5 Å². The monoisotopic (exact) mass is 396 g/mol. The first-order valence-corrected chi connectivity index (χ1v) is 8.83. The van der Waals surface area contributed by atoms with Crippen LogP contribution in [0.1, 0.15) is 31.1 Å². The smallest absolute Gasteiger partial charge is 0.325 e. The van der Waals surface area contributed by atoms with Gasteiger partial charge in [-0.15, -0.1) is 0 Å². The van der Waals surface area contributed by atoms with Crippen LogP contribution in [0.3, 0.4) is 0 Å². The molecule has 3 amide bonds. The molecule has 29 heavy (non-hydrogen) atoms. The number of fused-ring (bicyclic) bond motifs is 2. The molecule has 0 spiro atoms. The first-order valence-electron chi connectivity index (χ1n) is 8.83. The Labute approximate surface area is 165 Å². The minimum absolute atomic E-state index is 0.0613. The maximum Gasteiger partial charge on any atom is 0.325 e. The molecule has 2 aromatic rings. The van der Waals surface area contributed by atoms with Crippen LogP contribution in [0, 0.1) is 0 Å². The highest BCUT2D eigenvalue weighted by Crippen LogP contribution is 2.32. The molecule has 0 radical (unpaired) electrons. The van der Waals surface area contributed by atoms with Gasteiger partial charge >= 0.3 is 5.97 Å². The van der Waals surface area contributed by atoms with Gasteiger partial charge in [-0.05, 0) is 30.3 Å². The number of esters is 1. The van der Waals surface area contributed by atoms with Crippen LogP contribution >= 0.6 is 0 Å². The van der Waals surface area contributed by atoms with Crippen molar-refractivity contribution < 1.29 is 33.4 Å². The van der Waals surface area contributed by atoms with E-state index in [1.54, 1.807) is 36.4 Å². The minimum Gasteiger partial charge on any atom is -0.462 e. The van der Waals surface area contributed by atoms with Gasteiger partial charge in [0.05, 0.1) is 17.7 Å². The molecule has 9 heteroatoms. The number of carbonyl (C=O) groups is 4. The van der Waals surface area contributed by atoms with Gasteiger partial charge in [-0.3, -0.25) is 24.1 Å². The van der Waals surface area contributed by atoms with E-state index in [1.165, 1.54) is 6.07 Å². The Bertz CT molecular complexity index is 983. The average Bonchev–Trinajstić information content (AvgIpc) is 3.30. The quantitative estimate of drug-likeness (QED) is 0.572. The van der Waals surface area contributed by atoms with Gasteiger partial charge in [0, 0.05) is 5.56 Å². The van der Waals surface area contributed by atoms with E-state index in [4.69, 9.17) is 14.2 Å². The molecule has 148 valence electrons. The van der Waals surface area contributed by atoms with Gasteiger partial charge in [0.25, 0.3) is 17.7 Å². The number of amides is 3.